The number of carbonyl (C=O) groups excluding carboxylic acids is 1. The maximum atomic E-state index is 13.6. The Morgan fingerprint density at radius 2 is 1.65 bits per heavy atom. The third-order valence-electron chi connectivity index (χ3n) is 5.82. The van der Waals surface area contributed by atoms with Gasteiger partial charge < -0.3 is 14.6 Å². The first-order valence-electron chi connectivity index (χ1n) is 10.2. The van der Waals surface area contributed by atoms with E-state index in [1.165, 1.54) is 19.2 Å². The first-order valence-corrected chi connectivity index (χ1v) is 11.7. The van der Waals surface area contributed by atoms with Crippen LogP contribution in [0.25, 0.3) is 0 Å². The molecule has 0 unspecified atom stereocenters. The van der Waals surface area contributed by atoms with Crippen LogP contribution >= 0.6 is 0 Å². The van der Waals surface area contributed by atoms with Crippen molar-refractivity contribution < 1.29 is 27.8 Å². The number of esters is 1. The van der Waals surface area contributed by atoms with E-state index in [0.717, 1.165) is 5.56 Å². The molecule has 1 saturated carbocycles. The highest BCUT2D eigenvalue weighted by Gasteiger charge is 2.49. The lowest BCUT2D eigenvalue weighted by Gasteiger charge is -2.42. The molecule has 7 nitrogen and oxygen atoms in total. The number of rotatable bonds is 8. The minimum atomic E-state index is -3.85. The van der Waals surface area contributed by atoms with Gasteiger partial charge in [-0.3, -0.25) is 10.1 Å². The Bertz CT molecular complexity index is 976. The zero-order chi connectivity index (χ0) is 22.5. The SMILES string of the molecule is COc1ccc(S(=O)(=O)C2(NCC(=O)OCc3ccccc3)CCC(C)(O)CC2)cc1. The fourth-order valence-corrected chi connectivity index (χ4v) is 5.69. The molecule has 0 aliphatic heterocycles. The van der Waals surface area contributed by atoms with Gasteiger partial charge in [-0.15, -0.1) is 0 Å². The van der Waals surface area contributed by atoms with Crippen LogP contribution in [0.2, 0.25) is 0 Å². The molecule has 2 N–H and O–H groups in total. The van der Waals surface area contributed by atoms with Gasteiger partial charge in [0, 0.05) is 0 Å². The molecule has 0 saturated heterocycles. The van der Waals surface area contributed by atoms with Crippen LogP contribution in [0.4, 0.5) is 0 Å². The Kier molecular flexibility index (Phi) is 7.03. The molecular formula is C23H29NO6S. The van der Waals surface area contributed by atoms with Gasteiger partial charge in [0.2, 0.25) is 0 Å². The second-order valence-corrected chi connectivity index (χ2v) is 10.4. The standard InChI is InChI=1S/C23H29NO6S/c1-22(26)12-14-23(15-13-22,31(27,28)20-10-8-19(29-2)9-11-20)24-16-21(25)30-17-18-6-4-3-5-7-18/h3-11,24,26H,12-17H2,1-2H3. The van der Waals surface area contributed by atoms with Crippen molar-refractivity contribution in [1.29, 1.82) is 0 Å². The summed E-state index contributed by atoms with van der Waals surface area (Å²) in [5.74, 6) is 0.0162. The van der Waals surface area contributed by atoms with Crippen molar-refractivity contribution >= 4 is 15.8 Å². The van der Waals surface area contributed by atoms with Gasteiger partial charge in [-0.25, -0.2) is 8.42 Å². The Balaban J connectivity index is 1.76. The number of aliphatic hydroxyl groups is 1. The molecule has 0 radical (unpaired) electrons. The topological polar surface area (TPSA) is 102 Å². The molecule has 8 heteroatoms. The lowest BCUT2D eigenvalue weighted by molar-refractivity contribution is -0.144. The summed E-state index contributed by atoms with van der Waals surface area (Å²) in [5.41, 5.74) is -0.0841. The number of nitrogens with one attached hydrogen (secondary N) is 1. The van der Waals surface area contributed by atoms with E-state index in [0.29, 0.717) is 18.6 Å². The van der Waals surface area contributed by atoms with Gasteiger partial charge in [0.1, 0.15) is 17.2 Å². The molecule has 31 heavy (non-hydrogen) atoms. The third-order valence-corrected chi connectivity index (χ3v) is 8.29. The molecule has 0 heterocycles. The molecular weight excluding hydrogens is 418 g/mol. The molecule has 0 bridgehead atoms. The van der Waals surface area contributed by atoms with Crippen LogP contribution in [-0.2, 0) is 26.0 Å². The average Bonchev–Trinajstić information content (AvgIpc) is 2.78. The van der Waals surface area contributed by atoms with Crippen LogP contribution in [0.1, 0.15) is 38.2 Å². The zero-order valence-corrected chi connectivity index (χ0v) is 18.7. The summed E-state index contributed by atoms with van der Waals surface area (Å²) in [7, 11) is -2.34. The normalized spacial score (nSPS) is 23.8. The minimum Gasteiger partial charge on any atom is -0.497 e. The van der Waals surface area contributed by atoms with E-state index in [-0.39, 0.29) is 30.9 Å². The van der Waals surface area contributed by atoms with E-state index in [1.54, 1.807) is 19.1 Å². The first kappa shape index (κ1) is 23.2. The number of methoxy groups -OCH3 is 1. The van der Waals surface area contributed by atoms with E-state index >= 15 is 0 Å². The highest BCUT2D eigenvalue weighted by atomic mass is 32.2. The lowest BCUT2D eigenvalue weighted by atomic mass is 9.83. The van der Waals surface area contributed by atoms with E-state index in [4.69, 9.17) is 9.47 Å². The van der Waals surface area contributed by atoms with Gasteiger partial charge in [-0.05, 0) is 62.4 Å². The van der Waals surface area contributed by atoms with Gasteiger partial charge >= 0.3 is 5.97 Å². The van der Waals surface area contributed by atoms with Crippen molar-refractivity contribution in [2.45, 2.75) is 54.6 Å². The minimum absolute atomic E-state index is 0.119. The summed E-state index contributed by atoms with van der Waals surface area (Å²) in [6.07, 6.45) is 0.962. The highest BCUT2D eigenvalue weighted by molar-refractivity contribution is 7.92. The maximum absolute atomic E-state index is 13.6. The summed E-state index contributed by atoms with van der Waals surface area (Å²) < 4.78 is 37.6. The highest BCUT2D eigenvalue weighted by Crippen LogP contribution is 2.41. The summed E-state index contributed by atoms with van der Waals surface area (Å²) >= 11 is 0. The van der Waals surface area contributed by atoms with Crippen LogP contribution < -0.4 is 10.1 Å². The van der Waals surface area contributed by atoms with Crippen LogP contribution in [-0.4, -0.2) is 43.6 Å². The van der Waals surface area contributed by atoms with Crippen LogP contribution in [0.15, 0.2) is 59.5 Å². The van der Waals surface area contributed by atoms with Gasteiger partial charge in [0.15, 0.2) is 9.84 Å². The Labute approximate surface area is 183 Å². The van der Waals surface area contributed by atoms with Gasteiger partial charge in [-0.2, -0.15) is 0 Å². The van der Waals surface area contributed by atoms with Gasteiger partial charge in [0.25, 0.3) is 0 Å². The van der Waals surface area contributed by atoms with Crippen molar-refractivity contribution in [3.8, 4) is 5.75 Å². The number of sulfone groups is 1. The predicted octanol–water partition coefficient (Wildman–Crippen LogP) is 2.82. The fraction of sp³-hybridized carbons (Fsp3) is 0.435. The Morgan fingerprint density at radius 3 is 2.23 bits per heavy atom. The van der Waals surface area contributed by atoms with Crippen LogP contribution in [0, 0.1) is 0 Å². The predicted molar refractivity (Wildman–Crippen MR) is 116 cm³/mol. The number of benzene rings is 2. The van der Waals surface area contributed by atoms with Crippen LogP contribution in [0.3, 0.4) is 0 Å². The quantitative estimate of drug-likeness (QED) is 0.600. The Hall–Kier alpha value is -2.42. The number of ether oxygens (including phenoxy) is 2. The third kappa shape index (κ3) is 5.44. The van der Waals surface area contributed by atoms with Crippen molar-refractivity contribution in [3.63, 3.8) is 0 Å². The smallest absolute Gasteiger partial charge is 0.320 e. The largest absolute Gasteiger partial charge is 0.497 e. The van der Waals surface area contributed by atoms with Crippen molar-refractivity contribution in [3.05, 3.63) is 60.2 Å². The zero-order valence-electron chi connectivity index (χ0n) is 17.8. The fourth-order valence-electron chi connectivity index (χ4n) is 3.74. The molecule has 3 rings (SSSR count). The van der Waals surface area contributed by atoms with E-state index in [9.17, 15) is 18.3 Å². The number of hydrogen-bond acceptors (Lipinski definition) is 7. The van der Waals surface area contributed by atoms with E-state index in [1.807, 2.05) is 30.3 Å². The van der Waals surface area contributed by atoms with E-state index in [2.05, 4.69) is 5.32 Å². The lowest BCUT2D eigenvalue weighted by Crippen LogP contribution is -2.57. The molecule has 2 aromatic carbocycles. The molecule has 1 aliphatic carbocycles. The van der Waals surface area contributed by atoms with Gasteiger partial charge in [-0.1, -0.05) is 30.3 Å². The van der Waals surface area contributed by atoms with Crippen LogP contribution in [0.5, 0.6) is 5.75 Å². The maximum Gasteiger partial charge on any atom is 0.320 e. The summed E-state index contributed by atoms with van der Waals surface area (Å²) in [5, 5.41) is 13.3. The number of carbonyl (C=O) groups is 1. The summed E-state index contributed by atoms with van der Waals surface area (Å²) in [6.45, 7) is 1.57. The molecule has 0 aromatic heterocycles. The molecule has 168 valence electrons. The monoisotopic (exact) mass is 447 g/mol. The summed E-state index contributed by atoms with van der Waals surface area (Å²) in [4.78, 5) is 11.1. The molecule has 0 amide bonds. The Morgan fingerprint density at radius 1 is 1.03 bits per heavy atom. The molecule has 1 aliphatic rings. The molecule has 2 aromatic rings. The first-order chi connectivity index (χ1) is 14.7. The summed E-state index contributed by atoms with van der Waals surface area (Å²) in [6, 6.07) is 15.5. The van der Waals surface area contributed by atoms with Gasteiger partial charge in [0.05, 0.1) is 24.2 Å². The molecule has 1 fully saturated rings. The van der Waals surface area contributed by atoms with E-state index < -0.39 is 26.3 Å². The van der Waals surface area contributed by atoms with Crippen molar-refractivity contribution in [2.75, 3.05) is 13.7 Å². The molecule has 0 atom stereocenters. The second kappa shape index (κ2) is 9.38. The molecule has 0 spiro atoms. The second-order valence-electron chi connectivity index (χ2n) is 8.17. The van der Waals surface area contributed by atoms with Crippen molar-refractivity contribution in [2.24, 2.45) is 0 Å². The number of hydrogen-bond donors (Lipinski definition) is 2. The average molecular weight is 448 g/mol. The van der Waals surface area contributed by atoms with Crippen molar-refractivity contribution in [1.82, 2.24) is 5.32 Å².